The number of halogens is 2. The van der Waals surface area contributed by atoms with Gasteiger partial charge < -0.3 is 15.2 Å². The summed E-state index contributed by atoms with van der Waals surface area (Å²) >= 11 is 0. The smallest absolute Gasteiger partial charge is 0.319 e. The predicted molar refractivity (Wildman–Crippen MR) is 70.3 cm³/mol. The summed E-state index contributed by atoms with van der Waals surface area (Å²) < 4.78 is 27.9. The Morgan fingerprint density at radius 2 is 2.20 bits per heavy atom. The highest BCUT2D eigenvalue weighted by molar-refractivity contribution is 5.89. The number of amides is 2. The van der Waals surface area contributed by atoms with E-state index in [0.29, 0.717) is 19.0 Å². The number of carbonyl (C=O) groups is 1. The number of hydrogen-bond acceptors (Lipinski definition) is 2. The number of nitrogens with zero attached hydrogens (tertiary/aromatic N) is 2. The number of imidazole rings is 1. The topological polar surface area (TPSA) is 59.0 Å². The summed E-state index contributed by atoms with van der Waals surface area (Å²) in [6.45, 7) is 0.383. The second kappa shape index (κ2) is 6.14. The van der Waals surface area contributed by atoms with Crippen molar-refractivity contribution in [3.8, 4) is 0 Å². The largest absolute Gasteiger partial charge is 0.338 e. The minimum absolute atomic E-state index is 0.0653. The van der Waals surface area contributed by atoms with Crippen LogP contribution >= 0.6 is 0 Å². The molecule has 7 heteroatoms. The number of carbonyl (C=O) groups excluding carboxylic acids is 1. The van der Waals surface area contributed by atoms with Crippen LogP contribution in [0.2, 0.25) is 0 Å². The molecule has 0 saturated carbocycles. The van der Waals surface area contributed by atoms with Crippen LogP contribution in [0.15, 0.2) is 30.7 Å². The maximum Gasteiger partial charge on any atom is 0.319 e. The van der Waals surface area contributed by atoms with Crippen molar-refractivity contribution < 1.29 is 13.6 Å². The normalized spacial score (nSPS) is 10.3. The Morgan fingerprint density at radius 1 is 1.40 bits per heavy atom. The summed E-state index contributed by atoms with van der Waals surface area (Å²) in [6.07, 6.45) is 3.98. The van der Waals surface area contributed by atoms with Gasteiger partial charge in [-0.1, -0.05) is 0 Å². The summed E-state index contributed by atoms with van der Waals surface area (Å²) in [7, 11) is 1.86. The molecule has 0 atom stereocenters. The first kappa shape index (κ1) is 14.0. The van der Waals surface area contributed by atoms with Gasteiger partial charge in [-0.15, -0.1) is 0 Å². The van der Waals surface area contributed by atoms with Crippen LogP contribution in [-0.2, 0) is 13.5 Å². The van der Waals surface area contributed by atoms with Crippen molar-refractivity contribution >= 4 is 11.7 Å². The zero-order valence-corrected chi connectivity index (χ0v) is 10.9. The number of nitrogens with one attached hydrogen (secondary N) is 2. The Hall–Kier alpha value is -2.44. The third-order valence-corrected chi connectivity index (χ3v) is 2.76. The van der Waals surface area contributed by atoms with E-state index in [2.05, 4.69) is 15.6 Å². The van der Waals surface area contributed by atoms with Gasteiger partial charge in [0.25, 0.3) is 0 Å². The minimum Gasteiger partial charge on any atom is -0.338 e. The summed E-state index contributed by atoms with van der Waals surface area (Å²) in [5, 5.41) is 4.90. The fourth-order valence-corrected chi connectivity index (χ4v) is 1.69. The quantitative estimate of drug-likeness (QED) is 0.900. The molecule has 0 bridgehead atoms. The number of hydrogen-bond donors (Lipinski definition) is 2. The highest BCUT2D eigenvalue weighted by Gasteiger charge is 2.07. The van der Waals surface area contributed by atoms with Crippen molar-refractivity contribution in [1.82, 2.24) is 14.9 Å². The van der Waals surface area contributed by atoms with Crippen LogP contribution in [0.1, 0.15) is 5.69 Å². The molecule has 0 aliphatic heterocycles. The molecule has 5 nitrogen and oxygen atoms in total. The summed E-state index contributed by atoms with van der Waals surface area (Å²) in [5.41, 5.74) is 0.905. The summed E-state index contributed by atoms with van der Waals surface area (Å²) in [4.78, 5) is 15.5. The Bertz CT molecular complexity index is 612. The van der Waals surface area contributed by atoms with E-state index in [-0.39, 0.29) is 5.69 Å². The third kappa shape index (κ3) is 3.53. The molecule has 2 rings (SSSR count). The zero-order chi connectivity index (χ0) is 14.5. The second-order valence-electron chi connectivity index (χ2n) is 4.25. The lowest BCUT2D eigenvalue weighted by Crippen LogP contribution is -2.31. The van der Waals surface area contributed by atoms with Gasteiger partial charge in [-0.2, -0.15) is 0 Å². The van der Waals surface area contributed by atoms with E-state index in [1.807, 2.05) is 11.6 Å². The minimum atomic E-state index is -0.813. The van der Waals surface area contributed by atoms with E-state index in [4.69, 9.17) is 0 Å². The number of anilines is 1. The van der Waals surface area contributed by atoms with Crippen molar-refractivity contribution in [3.05, 3.63) is 48.1 Å². The van der Waals surface area contributed by atoms with Gasteiger partial charge in [0.2, 0.25) is 0 Å². The van der Waals surface area contributed by atoms with E-state index >= 15 is 0 Å². The lowest BCUT2D eigenvalue weighted by Gasteiger charge is -2.08. The molecule has 0 aliphatic carbocycles. The van der Waals surface area contributed by atoms with E-state index in [1.54, 1.807) is 12.5 Å². The molecule has 1 heterocycles. The fourth-order valence-electron chi connectivity index (χ4n) is 1.69. The van der Waals surface area contributed by atoms with Gasteiger partial charge in [0, 0.05) is 38.0 Å². The highest BCUT2D eigenvalue weighted by atomic mass is 19.1. The number of urea groups is 1. The monoisotopic (exact) mass is 280 g/mol. The molecular formula is C13H14F2N4O. The molecule has 0 fully saturated rings. The molecule has 20 heavy (non-hydrogen) atoms. The summed E-state index contributed by atoms with van der Waals surface area (Å²) in [6, 6.07) is 2.42. The van der Waals surface area contributed by atoms with Crippen molar-refractivity contribution in [1.29, 1.82) is 0 Å². The average Bonchev–Trinajstić information content (AvgIpc) is 2.79. The van der Waals surface area contributed by atoms with Gasteiger partial charge >= 0.3 is 6.03 Å². The van der Waals surface area contributed by atoms with Gasteiger partial charge in [0.05, 0.1) is 12.0 Å². The van der Waals surface area contributed by atoms with Crippen LogP contribution in [0.25, 0.3) is 0 Å². The molecular weight excluding hydrogens is 266 g/mol. The van der Waals surface area contributed by atoms with Crippen molar-refractivity contribution in [3.63, 3.8) is 0 Å². The number of benzene rings is 1. The molecule has 1 aromatic carbocycles. The van der Waals surface area contributed by atoms with Crippen LogP contribution in [0.5, 0.6) is 0 Å². The van der Waals surface area contributed by atoms with Crippen molar-refractivity contribution in [2.75, 3.05) is 11.9 Å². The fraction of sp³-hybridized carbons (Fsp3) is 0.231. The van der Waals surface area contributed by atoms with Crippen molar-refractivity contribution in [2.45, 2.75) is 6.42 Å². The molecule has 0 spiro atoms. The van der Waals surface area contributed by atoms with Gasteiger partial charge in [-0.05, 0) is 12.1 Å². The van der Waals surface area contributed by atoms with Crippen LogP contribution in [0.4, 0.5) is 19.3 Å². The van der Waals surface area contributed by atoms with Gasteiger partial charge in [-0.3, -0.25) is 0 Å². The molecule has 0 aliphatic rings. The van der Waals surface area contributed by atoms with E-state index < -0.39 is 17.7 Å². The Balaban J connectivity index is 1.82. The average molecular weight is 280 g/mol. The van der Waals surface area contributed by atoms with Gasteiger partial charge in [0.15, 0.2) is 0 Å². The first-order valence-electron chi connectivity index (χ1n) is 6.01. The molecule has 0 saturated heterocycles. The molecule has 2 amide bonds. The standard InChI is InChI=1S/C13H14F2N4O/c1-19-8-16-7-10(19)4-5-17-13(20)18-12-3-2-9(14)6-11(12)15/h2-3,6-8H,4-5H2,1H3,(H2,17,18,20). The Labute approximate surface area is 114 Å². The molecule has 2 N–H and O–H groups in total. The predicted octanol–water partition coefficient (Wildman–Crippen LogP) is 2.06. The molecule has 0 radical (unpaired) electrons. The van der Waals surface area contributed by atoms with E-state index in [1.165, 1.54) is 6.07 Å². The third-order valence-electron chi connectivity index (χ3n) is 2.76. The van der Waals surface area contributed by atoms with Gasteiger partial charge in [0.1, 0.15) is 11.6 Å². The van der Waals surface area contributed by atoms with Gasteiger partial charge in [-0.25, -0.2) is 18.6 Å². The van der Waals surface area contributed by atoms with Crippen LogP contribution < -0.4 is 10.6 Å². The lowest BCUT2D eigenvalue weighted by molar-refractivity contribution is 0.252. The molecule has 2 aromatic rings. The van der Waals surface area contributed by atoms with Crippen molar-refractivity contribution in [2.24, 2.45) is 7.05 Å². The summed E-state index contributed by atoms with van der Waals surface area (Å²) in [5.74, 6) is -1.50. The lowest BCUT2D eigenvalue weighted by atomic mass is 10.3. The number of aromatic nitrogens is 2. The zero-order valence-electron chi connectivity index (χ0n) is 10.9. The van der Waals surface area contributed by atoms with E-state index in [0.717, 1.165) is 11.8 Å². The SMILES string of the molecule is Cn1cncc1CCNC(=O)Nc1ccc(F)cc1F. The number of aryl methyl sites for hydroxylation is 1. The molecule has 1 aromatic heterocycles. The Kier molecular flexibility index (Phi) is 4.29. The highest BCUT2D eigenvalue weighted by Crippen LogP contribution is 2.14. The molecule has 0 unspecified atom stereocenters. The second-order valence-corrected chi connectivity index (χ2v) is 4.25. The maximum absolute atomic E-state index is 13.3. The maximum atomic E-state index is 13.3. The first-order chi connectivity index (χ1) is 9.56. The van der Waals surface area contributed by atoms with E-state index in [9.17, 15) is 13.6 Å². The number of rotatable bonds is 4. The first-order valence-corrected chi connectivity index (χ1v) is 6.01. The van der Waals surface area contributed by atoms with Crippen LogP contribution in [-0.4, -0.2) is 22.1 Å². The molecule has 106 valence electrons. The van der Waals surface area contributed by atoms with Crippen LogP contribution in [0, 0.1) is 11.6 Å². The Morgan fingerprint density at radius 3 is 2.85 bits per heavy atom. The van der Waals surface area contributed by atoms with Crippen LogP contribution in [0.3, 0.4) is 0 Å².